The monoisotopic (exact) mass is 399 g/mol. The smallest absolute Gasteiger partial charge is 0.251 e. The minimum Gasteiger partial charge on any atom is -0.343 e. The fraction of sp³-hybridized carbons (Fsp3) is 0.286. The highest BCUT2D eigenvalue weighted by Gasteiger charge is 2.21. The molecule has 1 saturated heterocycles. The topological polar surface area (TPSA) is 69.7 Å². The van der Waals surface area contributed by atoms with Gasteiger partial charge in [-0.1, -0.05) is 29.8 Å². The summed E-state index contributed by atoms with van der Waals surface area (Å²) in [6.07, 6.45) is 1.41. The second kappa shape index (κ2) is 8.89. The molecule has 146 valence electrons. The Hall–Kier alpha value is -2.86. The number of carbonyl (C=O) groups is 3. The lowest BCUT2D eigenvalue weighted by atomic mass is 10.2. The van der Waals surface area contributed by atoms with Crippen molar-refractivity contribution in [1.29, 1.82) is 0 Å². The Morgan fingerprint density at radius 3 is 2.50 bits per heavy atom. The summed E-state index contributed by atoms with van der Waals surface area (Å²) in [4.78, 5) is 39.6. The highest BCUT2D eigenvalue weighted by Crippen LogP contribution is 2.21. The van der Waals surface area contributed by atoms with Gasteiger partial charge in [0, 0.05) is 42.8 Å². The van der Waals surface area contributed by atoms with Crippen LogP contribution in [0.2, 0.25) is 5.02 Å². The lowest BCUT2D eigenvalue weighted by Gasteiger charge is -2.18. The fourth-order valence-electron chi connectivity index (χ4n) is 3.08. The Kier molecular flexibility index (Phi) is 6.31. The molecule has 0 aromatic heterocycles. The first kappa shape index (κ1) is 19.9. The van der Waals surface area contributed by atoms with Gasteiger partial charge in [-0.25, -0.2) is 0 Å². The molecule has 0 spiro atoms. The first-order valence-corrected chi connectivity index (χ1v) is 9.49. The maximum atomic E-state index is 12.3. The lowest BCUT2D eigenvalue weighted by molar-refractivity contribution is -0.129. The van der Waals surface area contributed by atoms with E-state index in [0.717, 1.165) is 17.7 Å². The average molecular weight is 400 g/mol. The fourth-order valence-corrected chi connectivity index (χ4v) is 3.27. The molecule has 0 radical (unpaired) electrons. The van der Waals surface area contributed by atoms with Crippen molar-refractivity contribution < 1.29 is 14.4 Å². The summed E-state index contributed by atoms with van der Waals surface area (Å²) in [6, 6.07) is 14.2. The van der Waals surface area contributed by atoms with Crippen molar-refractivity contribution in [1.82, 2.24) is 10.2 Å². The number of amides is 3. The van der Waals surface area contributed by atoms with E-state index in [4.69, 9.17) is 11.6 Å². The summed E-state index contributed by atoms with van der Waals surface area (Å²) < 4.78 is 0. The van der Waals surface area contributed by atoms with E-state index in [9.17, 15) is 14.4 Å². The molecule has 1 N–H and O–H groups in total. The van der Waals surface area contributed by atoms with Gasteiger partial charge in [-0.3, -0.25) is 14.4 Å². The molecule has 0 saturated carbocycles. The van der Waals surface area contributed by atoms with E-state index in [-0.39, 0.29) is 24.3 Å². The zero-order valence-corrected chi connectivity index (χ0v) is 16.4. The van der Waals surface area contributed by atoms with Gasteiger partial charge in [0.15, 0.2) is 0 Å². The number of benzene rings is 2. The van der Waals surface area contributed by atoms with Gasteiger partial charge in [-0.05, 0) is 42.3 Å². The number of hydrogen-bond acceptors (Lipinski definition) is 3. The van der Waals surface area contributed by atoms with Crippen LogP contribution in [0.25, 0.3) is 0 Å². The number of carbonyl (C=O) groups excluding carboxylic acids is 3. The van der Waals surface area contributed by atoms with Crippen LogP contribution in [0, 0.1) is 0 Å². The first-order chi connectivity index (χ1) is 13.5. The van der Waals surface area contributed by atoms with Crippen LogP contribution in [0.1, 0.15) is 28.8 Å². The third-order valence-corrected chi connectivity index (χ3v) is 5.07. The van der Waals surface area contributed by atoms with Crippen LogP contribution in [0.3, 0.4) is 0 Å². The molecule has 2 aromatic carbocycles. The van der Waals surface area contributed by atoms with E-state index in [0.29, 0.717) is 30.1 Å². The number of hydrogen-bond donors (Lipinski definition) is 1. The quantitative estimate of drug-likeness (QED) is 0.812. The van der Waals surface area contributed by atoms with E-state index < -0.39 is 0 Å². The molecule has 7 heteroatoms. The molecule has 3 rings (SSSR count). The Bertz CT molecular complexity index is 883. The predicted molar refractivity (Wildman–Crippen MR) is 108 cm³/mol. The average Bonchev–Trinajstić information content (AvgIpc) is 3.13. The number of likely N-dealkylation sites (N-methyl/N-ethyl adjacent to an activating group) is 1. The van der Waals surface area contributed by atoms with Crippen molar-refractivity contribution in [2.75, 3.05) is 25.0 Å². The first-order valence-electron chi connectivity index (χ1n) is 9.11. The van der Waals surface area contributed by atoms with Crippen molar-refractivity contribution in [3.63, 3.8) is 0 Å². The Labute approximate surface area is 169 Å². The number of anilines is 1. The normalized spacial score (nSPS) is 13.5. The van der Waals surface area contributed by atoms with Crippen molar-refractivity contribution in [2.45, 2.75) is 19.4 Å². The van der Waals surface area contributed by atoms with Crippen LogP contribution in [-0.4, -0.2) is 42.8 Å². The van der Waals surface area contributed by atoms with Crippen molar-refractivity contribution in [3.05, 3.63) is 64.7 Å². The molecule has 0 atom stereocenters. The van der Waals surface area contributed by atoms with Crippen LogP contribution < -0.4 is 10.2 Å². The lowest BCUT2D eigenvalue weighted by Crippen LogP contribution is -2.37. The van der Waals surface area contributed by atoms with E-state index in [1.807, 2.05) is 18.2 Å². The summed E-state index contributed by atoms with van der Waals surface area (Å²) in [6.45, 7) is 0.968. The number of nitrogens with zero attached hydrogens (tertiary/aromatic N) is 2. The van der Waals surface area contributed by atoms with Gasteiger partial charge in [0.05, 0.1) is 6.54 Å². The molecular weight excluding hydrogens is 378 g/mol. The molecule has 0 unspecified atom stereocenters. The van der Waals surface area contributed by atoms with Crippen LogP contribution in [-0.2, 0) is 16.1 Å². The van der Waals surface area contributed by atoms with Crippen LogP contribution in [0.5, 0.6) is 0 Å². The van der Waals surface area contributed by atoms with E-state index in [2.05, 4.69) is 5.32 Å². The van der Waals surface area contributed by atoms with E-state index in [1.54, 1.807) is 42.3 Å². The Morgan fingerprint density at radius 2 is 1.86 bits per heavy atom. The molecule has 2 aromatic rings. The highest BCUT2D eigenvalue weighted by molar-refractivity contribution is 6.31. The Balaban J connectivity index is 1.52. The van der Waals surface area contributed by atoms with Gasteiger partial charge in [-0.2, -0.15) is 0 Å². The molecule has 1 fully saturated rings. The maximum absolute atomic E-state index is 12.3. The molecule has 1 aliphatic rings. The van der Waals surface area contributed by atoms with Gasteiger partial charge < -0.3 is 15.1 Å². The molecule has 0 aliphatic carbocycles. The van der Waals surface area contributed by atoms with Crippen molar-refractivity contribution in [2.24, 2.45) is 0 Å². The second-order valence-electron chi connectivity index (χ2n) is 6.72. The summed E-state index contributed by atoms with van der Waals surface area (Å²) in [5.41, 5.74) is 2.07. The Morgan fingerprint density at radius 1 is 1.14 bits per heavy atom. The standard InChI is InChI=1S/C21H22ClN3O3/c1-24(14-16-5-2-3-6-18(16)22)20(27)13-23-21(28)15-8-10-17(11-9-15)25-12-4-7-19(25)26/h2-3,5-6,8-11H,4,7,12-14H2,1H3,(H,23,28). The van der Waals surface area contributed by atoms with Crippen molar-refractivity contribution in [3.8, 4) is 0 Å². The van der Waals surface area contributed by atoms with Crippen LogP contribution in [0.4, 0.5) is 5.69 Å². The number of nitrogens with one attached hydrogen (secondary N) is 1. The molecular formula is C21H22ClN3O3. The summed E-state index contributed by atoms with van der Waals surface area (Å²) in [5.74, 6) is -0.448. The third-order valence-electron chi connectivity index (χ3n) is 4.71. The van der Waals surface area contributed by atoms with E-state index >= 15 is 0 Å². The zero-order valence-electron chi connectivity index (χ0n) is 15.7. The largest absolute Gasteiger partial charge is 0.343 e. The van der Waals surface area contributed by atoms with Crippen LogP contribution in [0.15, 0.2) is 48.5 Å². The molecule has 6 nitrogen and oxygen atoms in total. The van der Waals surface area contributed by atoms with Gasteiger partial charge in [0.2, 0.25) is 11.8 Å². The van der Waals surface area contributed by atoms with Gasteiger partial charge in [0.1, 0.15) is 0 Å². The maximum Gasteiger partial charge on any atom is 0.251 e. The van der Waals surface area contributed by atoms with Crippen molar-refractivity contribution >= 4 is 35.0 Å². The molecule has 1 heterocycles. The summed E-state index contributed by atoms with van der Waals surface area (Å²) >= 11 is 6.12. The molecule has 3 amide bonds. The second-order valence-corrected chi connectivity index (χ2v) is 7.13. The molecule has 28 heavy (non-hydrogen) atoms. The number of halogens is 1. The van der Waals surface area contributed by atoms with Gasteiger partial charge >= 0.3 is 0 Å². The number of rotatable bonds is 6. The van der Waals surface area contributed by atoms with Crippen LogP contribution >= 0.6 is 11.6 Å². The predicted octanol–water partition coefficient (Wildman–Crippen LogP) is 2.86. The minimum atomic E-state index is -0.334. The highest BCUT2D eigenvalue weighted by atomic mass is 35.5. The van der Waals surface area contributed by atoms with E-state index in [1.165, 1.54) is 4.90 Å². The SMILES string of the molecule is CN(Cc1ccccc1Cl)C(=O)CNC(=O)c1ccc(N2CCCC2=O)cc1. The molecule has 0 bridgehead atoms. The third kappa shape index (κ3) is 4.70. The molecule has 1 aliphatic heterocycles. The zero-order chi connectivity index (χ0) is 20.1. The summed E-state index contributed by atoms with van der Waals surface area (Å²) in [7, 11) is 1.67. The van der Waals surface area contributed by atoms with Gasteiger partial charge in [0.25, 0.3) is 5.91 Å². The van der Waals surface area contributed by atoms with Gasteiger partial charge in [-0.15, -0.1) is 0 Å². The minimum absolute atomic E-state index is 0.101. The summed E-state index contributed by atoms with van der Waals surface area (Å²) in [5, 5.41) is 3.23.